The quantitative estimate of drug-likeness (QED) is 0.822. The molecule has 3 heteroatoms. The summed E-state index contributed by atoms with van der Waals surface area (Å²) in [4.78, 5) is 0. The molecule has 0 aliphatic rings. The van der Waals surface area contributed by atoms with E-state index in [1.165, 1.54) is 12.1 Å². The van der Waals surface area contributed by atoms with Crippen molar-refractivity contribution in [3.8, 4) is 6.07 Å². The standard InChI is InChI=1S/C12H15FN2/c1-9(7-8-14)15-10(2)11-3-5-12(13)6-4-11/h3-6,9-10,15H,7H2,1-2H3/t9?,10-/m1/s1. The number of hydrogen-bond donors (Lipinski definition) is 1. The van der Waals surface area contributed by atoms with Gasteiger partial charge in [0.2, 0.25) is 0 Å². The SMILES string of the molecule is CC(CC#N)N[C@H](C)c1ccc(F)cc1. The Morgan fingerprint density at radius 3 is 2.47 bits per heavy atom. The number of benzene rings is 1. The van der Waals surface area contributed by atoms with Gasteiger partial charge in [-0.25, -0.2) is 4.39 Å². The Kier molecular flexibility index (Phi) is 4.26. The highest BCUT2D eigenvalue weighted by molar-refractivity contribution is 5.19. The second-order valence-electron chi connectivity index (χ2n) is 3.70. The van der Waals surface area contributed by atoms with Crippen LogP contribution in [0.1, 0.15) is 31.9 Å². The minimum atomic E-state index is -0.226. The van der Waals surface area contributed by atoms with Crippen LogP contribution in [0.25, 0.3) is 0 Å². The van der Waals surface area contributed by atoms with Gasteiger partial charge in [-0.3, -0.25) is 0 Å². The van der Waals surface area contributed by atoms with Crippen molar-refractivity contribution in [2.75, 3.05) is 0 Å². The summed E-state index contributed by atoms with van der Waals surface area (Å²) in [6.45, 7) is 3.96. The number of halogens is 1. The Bertz CT molecular complexity index is 340. The molecule has 0 aliphatic heterocycles. The Labute approximate surface area is 89.7 Å². The highest BCUT2D eigenvalue weighted by atomic mass is 19.1. The molecule has 1 aromatic carbocycles. The van der Waals surface area contributed by atoms with Gasteiger partial charge in [-0.15, -0.1) is 0 Å². The smallest absolute Gasteiger partial charge is 0.123 e. The lowest BCUT2D eigenvalue weighted by atomic mass is 10.1. The molecule has 1 unspecified atom stereocenters. The zero-order valence-electron chi connectivity index (χ0n) is 9.00. The monoisotopic (exact) mass is 206 g/mol. The maximum Gasteiger partial charge on any atom is 0.123 e. The first-order valence-electron chi connectivity index (χ1n) is 5.02. The zero-order chi connectivity index (χ0) is 11.3. The average Bonchev–Trinajstić information content (AvgIpc) is 2.18. The van der Waals surface area contributed by atoms with Crippen molar-refractivity contribution in [2.45, 2.75) is 32.4 Å². The van der Waals surface area contributed by atoms with Crippen molar-refractivity contribution in [3.05, 3.63) is 35.6 Å². The van der Waals surface area contributed by atoms with Crippen LogP contribution < -0.4 is 5.32 Å². The minimum Gasteiger partial charge on any atom is -0.307 e. The maximum atomic E-state index is 12.7. The molecule has 0 radical (unpaired) electrons. The lowest BCUT2D eigenvalue weighted by molar-refractivity contribution is 0.484. The van der Waals surface area contributed by atoms with Crippen LogP contribution in [-0.4, -0.2) is 6.04 Å². The lowest BCUT2D eigenvalue weighted by Gasteiger charge is -2.18. The molecule has 0 heterocycles. The lowest BCUT2D eigenvalue weighted by Crippen LogP contribution is -2.28. The summed E-state index contributed by atoms with van der Waals surface area (Å²) in [6.07, 6.45) is 0.478. The predicted octanol–water partition coefficient (Wildman–Crippen LogP) is 2.78. The van der Waals surface area contributed by atoms with E-state index in [1.54, 1.807) is 12.1 Å². The van der Waals surface area contributed by atoms with E-state index < -0.39 is 0 Å². The third-order valence-corrected chi connectivity index (χ3v) is 2.30. The van der Waals surface area contributed by atoms with Crippen LogP contribution in [0, 0.1) is 17.1 Å². The molecule has 0 amide bonds. The number of nitrogens with one attached hydrogen (secondary N) is 1. The number of nitriles is 1. The van der Waals surface area contributed by atoms with E-state index in [2.05, 4.69) is 11.4 Å². The Hall–Kier alpha value is -1.40. The normalized spacial score (nSPS) is 14.3. The molecule has 0 fully saturated rings. The van der Waals surface area contributed by atoms with Gasteiger partial charge in [0.15, 0.2) is 0 Å². The van der Waals surface area contributed by atoms with Crippen molar-refractivity contribution in [3.63, 3.8) is 0 Å². The Morgan fingerprint density at radius 2 is 1.93 bits per heavy atom. The molecule has 0 spiro atoms. The van der Waals surface area contributed by atoms with Gasteiger partial charge in [0.25, 0.3) is 0 Å². The van der Waals surface area contributed by atoms with Crippen LogP contribution in [0.15, 0.2) is 24.3 Å². The van der Waals surface area contributed by atoms with Gasteiger partial charge in [-0.1, -0.05) is 12.1 Å². The highest BCUT2D eigenvalue weighted by Crippen LogP contribution is 2.13. The van der Waals surface area contributed by atoms with Crippen LogP contribution in [0.4, 0.5) is 4.39 Å². The van der Waals surface area contributed by atoms with Gasteiger partial charge in [0, 0.05) is 12.1 Å². The van der Waals surface area contributed by atoms with E-state index >= 15 is 0 Å². The van der Waals surface area contributed by atoms with Gasteiger partial charge in [-0.05, 0) is 31.5 Å². The fourth-order valence-corrected chi connectivity index (χ4v) is 1.47. The molecule has 2 atom stereocenters. The van der Waals surface area contributed by atoms with Crippen molar-refractivity contribution >= 4 is 0 Å². The fourth-order valence-electron chi connectivity index (χ4n) is 1.47. The molecule has 2 nitrogen and oxygen atoms in total. The van der Waals surface area contributed by atoms with Crippen molar-refractivity contribution in [1.29, 1.82) is 5.26 Å². The highest BCUT2D eigenvalue weighted by Gasteiger charge is 2.08. The average molecular weight is 206 g/mol. The van der Waals surface area contributed by atoms with E-state index in [0.717, 1.165) is 5.56 Å². The summed E-state index contributed by atoms with van der Waals surface area (Å²) in [5.41, 5.74) is 1.03. The van der Waals surface area contributed by atoms with Gasteiger partial charge in [0.1, 0.15) is 5.82 Å². The molecule has 1 rings (SSSR count). The fraction of sp³-hybridized carbons (Fsp3) is 0.417. The first kappa shape index (κ1) is 11.7. The molecule has 0 aromatic heterocycles. The molecule has 1 aromatic rings. The summed E-state index contributed by atoms with van der Waals surface area (Å²) in [6, 6.07) is 8.80. The van der Waals surface area contributed by atoms with E-state index in [9.17, 15) is 4.39 Å². The summed E-state index contributed by atoms with van der Waals surface area (Å²) in [5, 5.41) is 11.8. The summed E-state index contributed by atoms with van der Waals surface area (Å²) >= 11 is 0. The van der Waals surface area contributed by atoms with Crippen LogP contribution in [-0.2, 0) is 0 Å². The molecule has 1 N–H and O–H groups in total. The van der Waals surface area contributed by atoms with Gasteiger partial charge < -0.3 is 5.32 Å². The van der Waals surface area contributed by atoms with E-state index in [1.807, 2.05) is 13.8 Å². The number of rotatable bonds is 4. The van der Waals surface area contributed by atoms with Crippen LogP contribution in [0.2, 0.25) is 0 Å². The van der Waals surface area contributed by atoms with Gasteiger partial charge >= 0.3 is 0 Å². The predicted molar refractivity (Wildman–Crippen MR) is 57.6 cm³/mol. The summed E-state index contributed by atoms with van der Waals surface area (Å²) < 4.78 is 12.7. The summed E-state index contributed by atoms with van der Waals surface area (Å²) in [5.74, 6) is -0.226. The second-order valence-corrected chi connectivity index (χ2v) is 3.70. The summed E-state index contributed by atoms with van der Waals surface area (Å²) in [7, 11) is 0. The molecular formula is C12H15FN2. The van der Waals surface area contributed by atoms with Crippen LogP contribution >= 0.6 is 0 Å². The van der Waals surface area contributed by atoms with Crippen molar-refractivity contribution < 1.29 is 4.39 Å². The minimum absolute atomic E-state index is 0.133. The Morgan fingerprint density at radius 1 is 1.33 bits per heavy atom. The molecule has 0 aliphatic carbocycles. The molecular weight excluding hydrogens is 191 g/mol. The van der Waals surface area contributed by atoms with Crippen molar-refractivity contribution in [2.24, 2.45) is 0 Å². The molecule has 15 heavy (non-hydrogen) atoms. The third kappa shape index (κ3) is 3.69. The van der Waals surface area contributed by atoms with Crippen LogP contribution in [0.3, 0.4) is 0 Å². The first-order valence-corrected chi connectivity index (χ1v) is 5.02. The van der Waals surface area contributed by atoms with E-state index in [-0.39, 0.29) is 17.9 Å². The maximum absolute atomic E-state index is 12.7. The first-order chi connectivity index (χ1) is 7.13. The topological polar surface area (TPSA) is 35.8 Å². The van der Waals surface area contributed by atoms with Gasteiger partial charge in [-0.2, -0.15) is 5.26 Å². The van der Waals surface area contributed by atoms with Gasteiger partial charge in [0.05, 0.1) is 12.5 Å². The zero-order valence-corrected chi connectivity index (χ0v) is 9.00. The number of nitrogens with zero attached hydrogens (tertiary/aromatic N) is 1. The Balaban J connectivity index is 2.57. The molecule has 0 saturated heterocycles. The van der Waals surface area contributed by atoms with Crippen LogP contribution in [0.5, 0.6) is 0 Å². The van der Waals surface area contributed by atoms with E-state index in [0.29, 0.717) is 6.42 Å². The van der Waals surface area contributed by atoms with Crippen molar-refractivity contribution in [1.82, 2.24) is 5.32 Å². The second kappa shape index (κ2) is 5.47. The molecule has 80 valence electrons. The molecule has 0 saturated carbocycles. The number of hydrogen-bond acceptors (Lipinski definition) is 2. The van der Waals surface area contributed by atoms with E-state index in [4.69, 9.17) is 5.26 Å². The third-order valence-electron chi connectivity index (χ3n) is 2.30. The largest absolute Gasteiger partial charge is 0.307 e. The molecule has 0 bridgehead atoms.